The Bertz CT molecular complexity index is 388. The summed E-state index contributed by atoms with van der Waals surface area (Å²) in [7, 11) is 0. The van der Waals surface area contributed by atoms with Crippen LogP contribution in [0.15, 0.2) is 31.0 Å². The fourth-order valence-corrected chi connectivity index (χ4v) is 0.775. The van der Waals surface area contributed by atoms with Gasteiger partial charge in [-0.2, -0.15) is 0 Å². The maximum absolute atomic E-state index is 7.21. The molecule has 0 amide bonds. The molecule has 0 radical (unpaired) electrons. The molecule has 0 unspecified atom stereocenters. The molecule has 2 aromatic heterocycles. The van der Waals surface area contributed by atoms with Crippen molar-refractivity contribution in [3.63, 3.8) is 0 Å². The highest BCUT2D eigenvalue weighted by Gasteiger charge is 1.88. The van der Waals surface area contributed by atoms with Crippen molar-refractivity contribution in [2.75, 3.05) is 0 Å². The van der Waals surface area contributed by atoms with E-state index in [0.717, 1.165) is 10.9 Å². The predicted octanol–water partition coefficient (Wildman–Crippen LogP) is 1.02. The molecule has 2 heterocycles. The summed E-state index contributed by atoms with van der Waals surface area (Å²) in [4.78, 5) is 11.6. The van der Waals surface area contributed by atoms with Crippen molar-refractivity contribution in [2.45, 2.75) is 0 Å². The Morgan fingerprint density at radius 1 is 1.30 bits per heavy atom. The lowest BCUT2D eigenvalue weighted by Crippen LogP contribution is -1.80. The van der Waals surface area contributed by atoms with Crippen molar-refractivity contribution >= 4 is 10.9 Å². The van der Waals surface area contributed by atoms with E-state index in [1.54, 1.807) is 18.5 Å². The van der Waals surface area contributed by atoms with E-state index in [4.69, 9.17) is 1.37 Å². The zero-order chi connectivity index (χ0) is 7.68. The smallest absolute Gasteiger partial charge is 0.116 e. The van der Waals surface area contributed by atoms with Gasteiger partial charge in [0.2, 0.25) is 0 Å². The van der Waals surface area contributed by atoms with Crippen LogP contribution in [0.1, 0.15) is 1.37 Å². The van der Waals surface area contributed by atoms with E-state index in [1.165, 1.54) is 6.33 Å². The number of pyridine rings is 1. The normalized spacial score (nSPS) is 11.4. The predicted molar refractivity (Wildman–Crippen MR) is 37.3 cm³/mol. The summed E-state index contributed by atoms with van der Waals surface area (Å²) >= 11 is 0. The number of hydrogen-bond acceptors (Lipinski definition) is 3. The number of nitrogens with zero attached hydrogens (tertiary/aromatic N) is 3. The Morgan fingerprint density at radius 2 is 2.20 bits per heavy atom. The summed E-state index contributed by atoms with van der Waals surface area (Å²) in [6.07, 6.45) is 4.96. The third kappa shape index (κ3) is 0.719. The Labute approximate surface area is 59.2 Å². The number of hydrogen-bond donors (Lipinski definition) is 0. The van der Waals surface area contributed by atoms with Gasteiger partial charge in [0.05, 0.1) is 6.89 Å². The van der Waals surface area contributed by atoms with Crippen LogP contribution in [0.25, 0.3) is 10.9 Å². The molecule has 0 fully saturated rings. The minimum atomic E-state index is 0.233. The molecule has 3 nitrogen and oxygen atoms in total. The van der Waals surface area contributed by atoms with Gasteiger partial charge in [-0.1, -0.05) is 0 Å². The van der Waals surface area contributed by atoms with Gasteiger partial charge < -0.3 is 0 Å². The molecule has 0 spiro atoms. The van der Waals surface area contributed by atoms with E-state index in [9.17, 15) is 0 Å². The summed E-state index contributed by atoms with van der Waals surface area (Å²) in [6.45, 7) is 0. The van der Waals surface area contributed by atoms with Crippen molar-refractivity contribution in [3.8, 4) is 0 Å². The SMILES string of the molecule is [2H]c1cc2ncncc2cn1. The van der Waals surface area contributed by atoms with E-state index >= 15 is 0 Å². The highest BCUT2D eigenvalue weighted by atomic mass is 14.8. The zero-order valence-electron chi connectivity index (χ0n) is 6.15. The first kappa shape index (κ1) is 4.33. The molecule has 0 N–H and O–H groups in total. The molecule has 2 aromatic rings. The topological polar surface area (TPSA) is 38.7 Å². The van der Waals surface area contributed by atoms with Crippen LogP contribution in [-0.4, -0.2) is 15.0 Å². The molecule has 3 heteroatoms. The summed E-state index contributed by atoms with van der Waals surface area (Å²) in [6, 6.07) is 1.61. The van der Waals surface area contributed by atoms with E-state index in [2.05, 4.69) is 15.0 Å². The standard InChI is InChI=1S/C7H5N3/c1-2-8-3-6-4-9-5-10-7(1)6/h1-5H/i2D. The molecule has 0 aliphatic heterocycles. The van der Waals surface area contributed by atoms with Crippen LogP contribution in [0, 0.1) is 0 Å². The molecule has 0 saturated heterocycles. The van der Waals surface area contributed by atoms with Gasteiger partial charge in [-0.05, 0) is 6.07 Å². The maximum atomic E-state index is 7.21. The largest absolute Gasteiger partial charge is 0.264 e. The minimum absolute atomic E-state index is 0.233. The minimum Gasteiger partial charge on any atom is -0.264 e. The van der Waals surface area contributed by atoms with Crippen molar-refractivity contribution in [2.24, 2.45) is 0 Å². The second-order valence-corrected chi connectivity index (χ2v) is 1.89. The van der Waals surface area contributed by atoms with Crippen LogP contribution in [0.4, 0.5) is 0 Å². The summed E-state index contributed by atoms with van der Waals surface area (Å²) in [5.41, 5.74) is 0.764. The maximum Gasteiger partial charge on any atom is 0.116 e. The lowest BCUT2D eigenvalue weighted by molar-refractivity contribution is 1.21. The Kier molecular flexibility index (Phi) is 0.875. The molecule has 2 rings (SSSR count). The lowest BCUT2D eigenvalue weighted by atomic mass is 10.3. The van der Waals surface area contributed by atoms with Gasteiger partial charge in [-0.15, -0.1) is 0 Å². The van der Waals surface area contributed by atoms with Gasteiger partial charge in [0.15, 0.2) is 0 Å². The Hall–Kier alpha value is -1.51. The second-order valence-electron chi connectivity index (χ2n) is 1.89. The third-order valence-electron chi connectivity index (χ3n) is 1.25. The van der Waals surface area contributed by atoms with Crippen LogP contribution >= 0.6 is 0 Å². The van der Waals surface area contributed by atoms with Gasteiger partial charge in [0, 0.05) is 24.0 Å². The number of aromatic nitrogens is 3. The molecule has 0 atom stereocenters. The number of rotatable bonds is 0. The summed E-state index contributed by atoms with van der Waals surface area (Å²) in [5, 5.41) is 0.864. The van der Waals surface area contributed by atoms with Crippen molar-refractivity contribution in [3.05, 3.63) is 31.0 Å². The lowest BCUT2D eigenvalue weighted by Gasteiger charge is -1.90. The van der Waals surface area contributed by atoms with Gasteiger partial charge in [-0.25, -0.2) is 9.97 Å². The molecule has 0 aromatic carbocycles. The molecule has 0 saturated carbocycles. The zero-order valence-corrected chi connectivity index (χ0v) is 5.15. The average Bonchev–Trinajstić information content (AvgIpc) is 2.04. The molecule has 10 heavy (non-hydrogen) atoms. The first-order chi connectivity index (χ1) is 5.36. The average molecular weight is 132 g/mol. The Morgan fingerprint density at radius 3 is 3.20 bits per heavy atom. The van der Waals surface area contributed by atoms with Crippen LogP contribution < -0.4 is 0 Å². The van der Waals surface area contributed by atoms with Crippen LogP contribution in [0.2, 0.25) is 0 Å². The highest BCUT2D eigenvalue weighted by Crippen LogP contribution is 2.04. The van der Waals surface area contributed by atoms with E-state index in [-0.39, 0.29) is 6.17 Å². The van der Waals surface area contributed by atoms with Gasteiger partial charge in [0.1, 0.15) is 6.33 Å². The van der Waals surface area contributed by atoms with Crippen molar-refractivity contribution in [1.82, 2.24) is 15.0 Å². The molecule has 0 aliphatic rings. The second kappa shape index (κ2) is 2.02. The fourth-order valence-electron chi connectivity index (χ4n) is 0.775. The molecule has 0 bridgehead atoms. The third-order valence-corrected chi connectivity index (χ3v) is 1.25. The Balaban J connectivity index is 2.83. The fraction of sp³-hybridized carbons (Fsp3) is 0. The quantitative estimate of drug-likeness (QED) is 0.537. The van der Waals surface area contributed by atoms with Gasteiger partial charge in [0.25, 0.3) is 0 Å². The van der Waals surface area contributed by atoms with Crippen molar-refractivity contribution in [1.29, 1.82) is 0 Å². The van der Waals surface area contributed by atoms with Gasteiger partial charge >= 0.3 is 0 Å². The van der Waals surface area contributed by atoms with Gasteiger partial charge in [-0.3, -0.25) is 4.98 Å². The van der Waals surface area contributed by atoms with E-state index in [0.29, 0.717) is 0 Å². The van der Waals surface area contributed by atoms with Crippen molar-refractivity contribution < 1.29 is 1.37 Å². The molecular weight excluding hydrogens is 126 g/mol. The molecule has 0 aliphatic carbocycles. The summed E-state index contributed by atoms with van der Waals surface area (Å²) in [5.74, 6) is 0. The van der Waals surface area contributed by atoms with Crippen LogP contribution in [0.3, 0.4) is 0 Å². The molecular formula is C7H5N3. The first-order valence-corrected chi connectivity index (χ1v) is 2.88. The van der Waals surface area contributed by atoms with Crippen LogP contribution in [0.5, 0.6) is 0 Å². The number of fused-ring (bicyclic) bond motifs is 1. The van der Waals surface area contributed by atoms with E-state index < -0.39 is 0 Å². The highest BCUT2D eigenvalue weighted by molar-refractivity contribution is 5.75. The van der Waals surface area contributed by atoms with Crippen LogP contribution in [-0.2, 0) is 0 Å². The first-order valence-electron chi connectivity index (χ1n) is 3.38. The van der Waals surface area contributed by atoms with E-state index in [1.807, 2.05) is 0 Å². The summed E-state index contributed by atoms with van der Waals surface area (Å²) < 4.78 is 7.21. The molecule has 48 valence electrons. The monoisotopic (exact) mass is 132 g/mol.